The van der Waals surface area contributed by atoms with Crippen LogP contribution in [-0.4, -0.2) is 57.9 Å². The van der Waals surface area contributed by atoms with Crippen LogP contribution in [0.5, 0.6) is 0 Å². The lowest BCUT2D eigenvalue weighted by Crippen LogP contribution is -2.32. The molecule has 1 aliphatic rings. The monoisotopic (exact) mass is 354 g/mol. The Bertz CT molecular complexity index is 746. The van der Waals surface area contributed by atoms with Crippen molar-refractivity contribution >= 4 is 11.7 Å². The van der Waals surface area contributed by atoms with E-state index in [1.807, 2.05) is 36.3 Å². The fraction of sp³-hybridized carbons (Fsp3) is 0.526. The highest BCUT2D eigenvalue weighted by atomic mass is 16.2. The molecule has 3 heterocycles. The van der Waals surface area contributed by atoms with Gasteiger partial charge in [0, 0.05) is 33.4 Å². The van der Waals surface area contributed by atoms with Crippen molar-refractivity contribution in [1.82, 2.24) is 24.8 Å². The van der Waals surface area contributed by atoms with Crippen molar-refractivity contribution in [3.05, 3.63) is 41.9 Å². The Balaban J connectivity index is 1.58. The first-order valence-corrected chi connectivity index (χ1v) is 9.10. The van der Waals surface area contributed by atoms with Crippen molar-refractivity contribution in [2.24, 2.45) is 5.92 Å². The maximum atomic E-state index is 12.7. The number of hydrogen-bond donors (Lipinski definition) is 0. The van der Waals surface area contributed by atoms with Crippen LogP contribution in [0.4, 0.5) is 5.82 Å². The van der Waals surface area contributed by atoms with Gasteiger partial charge in [-0.05, 0) is 44.6 Å². The third kappa shape index (κ3) is 4.53. The highest BCUT2D eigenvalue weighted by Gasteiger charge is 2.23. The Hall–Kier alpha value is -2.57. The summed E-state index contributed by atoms with van der Waals surface area (Å²) in [6, 6.07) is 1.69. The predicted octanol–water partition coefficient (Wildman–Crippen LogP) is 2.13. The summed E-state index contributed by atoms with van der Waals surface area (Å²) in [5.74, 6) is 2.03. The largest absolute Gasteiger partial charge is 0.361 e. The van der Waals surface area contributed by atoms with Gasteiger partial charge in [-0.1, -0.05) is 0 Å². The minimum Gasteiger partial charge on any atom is -0.361 e. The molecule has 0 aromatic carbocycles. The molecule has 0 N–H and O–H groups in total. The molecular formula is C19H26N6O. The second-order valence-electron chi connectivity index (χ2n) is 7.04. The maximum absolute atomic E-state index is 12.7. The lowest BCUT2D eigenvalue weighted by Gasteiger charge is -2.20. The SMILES string of the molecule is Cc1nccc(C(=O)N2CCC[C@H](Cc3cnc(N(C)C)cn3)CC2)n1. The molecule has 7 nitrogen and oxygen atoms in total. The topological polar surface area (TPSA) is 75.1 Å². The number of rotatable bonds is 4. The number of aryl methyl sites for hydroxylation is 1. The molecule has 0 bridgehead atoms. The Morgan fingerprint density at radius 3 is 2.73 bits per heavy atom. The van der Waals surface area contributed by atoms with E-state index in [0.29, 0.717) is 17.4 Å². The smallest absolute Gasteiger partial charge is 0.272 e. The molecule has 0 spiro atoms. The Morgan fingerprint density at radius 2 is 2.04 bits per heavy atom. The highest BCUT2D eigenvalue weighted by Crippen LogP contribution is 2.22. The molecule has 1 amide bonds. The van der Waals surface area contributed by atoms with Crippen LogP contribution in [0.3, 0.4) is 0 Å². The van der Waals surface area contributed by atoms with Crippen LogP contribution in [0.25, 0.3) is 0 Å². The quantitative estimate of drug-likeness (QED) is 0.837. The number of anilines is 1. The van der Waals surface area contributed by atoms with Crippen LogP contribution in [-0.2, 0) is 6.42 Å². The predicted molar refractivity (Wildman–Crippen MR) is 100 cm³/mol. The molecule has 1 atom stereocenters. The van der Waals surface area contributed by atoms with Crippen LogP contribution >= 0.6 is 0 Å². The van der Waals surface area contributed by atoms with Crippen LogP contribution in [0, 0.1) is 12.8 Å². The van der Waals surface area contributed by atoms with Crippen LogP contribution in [0.15, 0.2) is 24.7 Å². The molecule has 138 valence electrons. The van der Waals surface area contributed by atoms with E-state index in [-0.39, 0.29) is 5.91 Å². The van der Waals surface area contributed by atoms with E-state index in [1.165, 1.54) is 0 Å². The normalized spacial score (nSPS) is 17.7. The number of carbonyl (C=O) groups is 1. The van der Waals surface area contributed by atoms with Gasteiger partial charge in [0.15, 0.2) is 0 Å². The van der Waals surface area contributed by atoms with Gasteiger partial charge in [0.25, 0.3) is 5.91 Å². The van der Waals surface area contributed by atoms with E-state index in [0.717, 1.165) is 50.3 Å². The van der Waals surface area contributed by atoms with Gasteiger partial charge in [0.1, 0.15) is 17.3 Å². The molecule has 0 saturated carbocycles. The number of amides is 1. The van der Waals surface area contributed by atoms with Crippen LogP contribution in [0.2, 0.25) is 0 Å². The molecule has 0 unspecified atom stereocenters. The maximum Gasteiger partial charge on any atom is 0.272 e. The zero-order valence-electron chi connectivity index (χ0n) is 15.7. The number of aromatic nitrogens is 4. The minimum atomic E-state index is 0.00581. The van der Waals surface area contributed by atoms with Gasteiger partial charge in [-0.25, -0.2) is 15.0 Å². The average Bonchev–Trinajstić information content (AvgIpc) is 2.87. The molecule has 7 heteroatoms. The number of hydrogen-bond acceptors (Lipinski definition) is 6. The van der Waals surface area contributed by atoms with Crippen LogP contribution < -0.4 is 4.90 Å². The summed E-state index contributed by atoms with van der Waals surface area (Å²) in [6.07, 6.45) is 9.33. The van der Waals surface area contributed by atoms with Gasteiger partial charge in [0.05, 0.1) is 18.1 Å². The van der Waals surface area contributed by atoms with Gasteiger partial charge in [0.2, 0.25) is 0 Å². The molecular weight excluding hydrogens is 328 g/mol. The molecule has 1 saturated heterocycles. The van der Waals surface area contributed by atoms with Crippen molar-refractivity contribution in [2.45, 2.75) is 32.6 Å². The van der Waals surface area contributed by atoms with Gasteiger partial charge in [-0.15, -0.1) is 0 Å². The lowest BCUT2D eigenvalue weighted by atomic mass is 9.95. The van der Waals surface area contributed by atoms with Crippen molar-refractivity contribution in [1.29, 1.82) is 0 Å². The number of nitrogens with zero attached hydrogens (tertiary/aromatic N) is 6. The summed E-state index contributed by atoms with van der Waals surface area (Å²) >= 11 is 0. The van der Waals surface area contributed by atoms with Crippen molar-refractivity contribution in [2.75, 3.05) is 32.1 Å². The van der Waals surface area contributed by atoms with E-state index in [1.54, 1.807) is 19.2 Å². The first kappa shape index (κ1) is 18.2. The molecule has 1 fully saturated rings. The van der Waals surface area contributed by atoms with Crippen molar-refractivity contribution in [3.63, 3.8) is 0 Å². The molecule has 0 aliphatic carbocycles. The first-order valence-electron chi connectivity index (χ1n) is 9.10. The zero-order valence-corrected chi connectivity index (χ0v) is 15.7. The second-order valence-corrected chi connectivity index (χ2v) is 7.04. The molecule has 3 rings (SSSR count). The summed E-state index contributed by atoms with van der Waals surface area (Å²) < 4.78 is 0. The Kier molecular flexibility index (Phi) is 5.75. The number of likely N-dealkylation sites (tertiary alicyclic amines) is 1. The van der Waals surface area contributed by atoms with E-state index < -0.39 is 0 Å². The highest BCUT2D eigenvalue weighted by molar-refractivity contribution is 5.92. The molecule has 2 aromatic heterocycles. The summed E-state index contributed by atoms with van der Waals surface area (Å²) in [7, 11) is 3.92. The third-order valence-corrected chi connectivity index (χ3v) is 4.78. The molecule has 0 radical (unpaired) electrons. The fourth-order valence-corrected chi connectivity index (χ4v) is 3.29. The van der Waals surface area contributed by atoms with Gasteiger partial charge >= 0.3 is 0 Å². The van der Waals surface area contributed by atoms with E-state index in [9.17, 15) is 4.79 Å². The second kappa shape index (κ2) is 8.21. The zero-order chi connectivity index (χ0) is 18.5. The van der Waals surface area contributed by atoms with Crippen molar-refractivity contribution in [3.8, 4) is 0 Å². The first-order chi connectivity index (χ1) is 12.5. The van der Waals surface area contributed by atoms with E-state index >= 15 is 0 Å². The summed E-state index contributed by atoms with van der Waals surface area (Å²) in [5.41, 5.74) is 1.51. The molecule has 1 aliphatic heterocycles. The van der Waals surface area contributed by atoms with Gasteiger partial charge in [-0.3, -0.25) is 9.78 Å². The van der Waals surface area contributed by atoms with Crippen LogP contribution in [0.1, 0.15) is 41.3 Å². The Morgan fingerprint density at radius 1 is 1.19 bits per heavy atom. The Labute approximate surface area is 154 Å². The fourth-order valence-electron chi connectivity index (χ4n) is 3.29. The minimum absolute atomic E-state index is 0.00581. The molecule has 26 heavy (non-hydrogen) atoms. The summed E-state index contributed by atoms with van der Waals surface area (Å²) in [4.78, 5) is 33.8. The standard InChI is InChI=1S/C19H26N6O/c1-14-20-8-6-17(23-14)19(26)25-9-4-5-15(7-10-25)11-16-12-22-18(13-21-16)24(2)3/h6,8,12-13,15H,4-5,7,9-11H2,1-3H3/t15-/m0/s1. The van der Waals surface area contributed by atoms with Gasteiger partial charge in [-0.2, -0.15) is 0 Å². The molecule has 2 aromatic rings. The van der Waals surface area contributed by atoms with E-state index in [4.69, 9.17) is 0 Å². The van der Waals surface area contributed by atoms with Gasteiger partial charge < -0.3 is 9.80 Å². The lowest BCUT2D eigenvalue weighted by molar-refractivity contribution is 0.0753. The third-order valence-electron chi connectivity index (χ3n) is 4.78. The number of carbonyl (C=O) groups excluding carboxylic acids is 1. The average molecular weight is 354 g/mol. The van der Waals surface area contributed by atoms with E-state index in [2.05, 4.69) is 19.9 Å². The summed E-state index contributed by atoms with van der Waals surface area (Å²) in [6.45, 7) is 3.34. The van der Waals surface area contributed by atoms with Crippen molar-refractivity contribution < 1.29 is 4.79 Å². The summed E-state index contributed by atoms with van der Waals surface area (Å²) in [5, 5.41) is 0.